The van der Waals surface area contributed by atoms with Crippen LogP contribution in [0.3, 0.4) is 0 Å². The number of sulfonamides is 1. The van der Waals surface area contributed by atoms with Crippen molar-refractivity contribution in [1.29, 1.82) is 0 Å². The maximum Gasteiger partial charge on any atom is 0.258 e. The molecule has 10 heteroatoms. The van der Waals surface area contributed by atoms with Crippen LogP contribution in [0, 0.1) is 0 Å². The van der Waals surface area contributed by atoms with Gasteiger partial charge in [0.1, 0.15) is 0 Å². The highest BCUT2D eigenvalue weighted by Crippen LogP contribution is 2.39. The molecular formula is C21H21N5O4S. The lowest BCUT2D eigenvalue weighted by Crippen LogP contribution is -2.29. The van der Waals surface area contributed by atoms with Crippen molar-refractivity contribution in [2.75, 3.05) is 18.4 Å². The summed E-state index contributed by atoms with van der Waals surface area (Å²) in [5, 5.41) is 6.87. The summed E-state index contributed by atoms with van der Waals surface area (Å²) >= 11 is 0. The Bertz CT molecular complexity index is 1270. The van der Waals surface area contributed by atoms with E-state index in [0.717, 1.165) is 5.56 Å². The third-order valence-corrected chi connectivity index (χ3v) is 7.86. The molecule has 0 aliphatic carbocycles. The van der Waals surface area contributed by atoms with Crippen LogP contribution in [0.5, 0.6) is 0 Å². The highest BCUT2D eigenvalue weighted by molar-refractivity contribution is 7.89. The Balaban J connectivity index is 1.37. The summed E-state index contributed by atoms with van der Waals surface area (Å²) < 4.78 is 33.4. The molecule has 1 aromatic carbocycles. The van der Waals surface area contributed by atoms with Crippen molar-refractivity contribution in [1.82, 2.24) is 19.4 Å². The van der Waals surface area contributed by atoms with Crippen molar-refractivity contribution < 1.29 is 17.7 Å². The molecule has 1 N–H and O–H groups in total. The SMILES string of the molecule is CC1(C)C(=O)Nc2ccc(S(=O)(=O)N3CCC(c4noc(-c5ccncc5)n4)C3)cc21. The largest absolute Gasteiger partial charge is 0.334 e. The van der Waals surface area contributed by atoms with Gasteiger partial charge in [0.2, 0.25) is 15.9 Å². The second-order valence-corrected chi connectivity index (χ2v) is 10.3. The minimum absolute atomic E-state index is 0.139. The van der Waals surface area contributed by atoms with Gasteiger partial charge >= 0.3 is 0 Å². The van der Waals surface area contributed by atoms with Gasteiger partial charge in [0.25, 0.3) is 5.89 Å². The number of hydrogen-bond donors (Lipinski definition) is 1. The van der Waals surface area contributed by atoms with Crippen molar-refractivity contribution in [2.24, 2.45) is 0 Å². The lowest BCUT2D eigenvalue weighted by Gasteiger charge is -2.19. The van der Waals surface area contributed by atoms with Crippen LogP contribution < -0.4 is 5.32 Å². The number of aromatic nitrogens is 3. The number of amides is 1. The summed E-state index contributed by atoms with van der Waals surface area (Å²) in [5.41, 5.74) is 1.33. The van der Waals surface area contributed by atoms with E-state index in [1.807, 2.05) is 0 Å². The van der Waals surface area contributed by atoms with E-state index in [-0.39, 0.29) is 23.3 Å². The molecule has 1 saturated heterocycles. The van der Waals surface area contributed by atoms with Crippen LogP contribution in [-0.4, -0.2) is 46.8 Å². The van der Waals surface area contributed by atoms with Crippen LogP contribution >= 0.6 is 0 Å². The van der Waals surface area contributed by atoms with Gasteiger partial charge in [-0.25, -0.2) is 8.42 Å². The second kappa shape index (κ2) is 6.96. The summed E-state index contributed by atoms with van der Waals surface area (Å²) in [4.78, 5) is 20.8. The van der Waals surface area contributed by atoms with Gasteiger partial charge in [0, 0.05) is 42.7 Å². The van der Waals surface area contributed by atoms with Gasteiger partial charge in [0.15, 0.2) is 5.82 Å². The maximum absolute atomic E-state index is 13.3. The number of fused-ring (bicyclic) bond motifs is 1. The first-order valence-corrected chi connectivity index (χ1v) is 11.4. The van der Waals surface area contributed by atoms with E-state index in [0.29, 0.717) is 35.9 Å². The molecule has 0 bridgehead atoms. The first-order valence-electron chi connectivity index (χ1n) is 9.97. The molecular weight excluding hydrogens is 418 g/mol. The third kappa shape index (κ3) is 3.22. The zero-order valence-electron chi connectivity index (χ0n) is 17.1. The minimum Gasteiger partial charge on any atom is -0.334 e. The number of nitrogens with one attached hydrogen (secondary N) is 1. The van der Waals surface area contributed by atoms with Gasteiger partial charge < -0.3 is 9.84 Å². The molecule has 2 aliphatic heterocycles. The van der Waals surface area contributed by atoms with Gasteiger partial charge in [-0.3, -0.25) is 9.78 Å². The molecule has 1 atom stereocenters. The van der Waals surface area contributed by atoms with Gasteiger partial charge in [-0.15, -0.1) is 0 Å². The molecule has 1 fully saturated rings. The predicted molar refractivity (Wildman–Crippen MR) is 112 cm³/mol. The van der Waals surface area contributed by atoms with E-state index in [2.05, 4.69) is 20.4 Å². The molecule has 4 heterocycles. The van der Waals surface area contributed by atoms with Crippen LogP contribution in [0.25, 0.3) is 11.5 Å². The summed E-state index contributed by atoms with van der Waals surface area (Å²) in [5.74, 6) is 0.592. The summed E-state index contributed by atoms with van der Waals surface area (Å²) in [6.45, 7) is 4.21. The zero-order chi connectivity index (χ0) is 21.8. The Labute approximate surface area is 179 Å². The molecule has 160 valence electrons. The van der Waals surface area contributed by atoms with Crippen molar-refractivity contribution >= 4 is 21.6 Å². The first kappa shape index (κ1) is 19.8. The summed E-state index contributed by atoms with van der Waals surface area (Å²) in [7, 11) is -3.71. The van der Waals surface area contributed by atoms with E-state index in [1.165, 1.54) is 4.31 Å². The molecule has 0 saturated carbocycles. The molecule has 2 aliphatic rings. The second-order valence-electron chi connectivity index (χ2n) is 8.33. The molecule has 1 unspecified atom stereocenters. The van der Waals surface area contributed by atoms with E-state index in [9.17, 15) is 13.2 Å². The minimum atomic E-state index is -3.71. The zero-order valence-corrected chi connectivity index (χ0v) is 17.9. The molecule has 1 amide bonds. The fourth-order valence-electron chi connectivity index (χ4n) is 4.03. The van der Waals surface area contributed by atoms with Gasteiger partial charge in [-0.2, -0.15) is 9.29 Å². The number of anilines is 1. The highest BCUT2D eigenvalue weighted by atomic mass is 32.2. The van der Waals surface area contributed by atoms with Crippen LogP contribution in [0.1, 0.15) is 37.6 Å². The average molecular weight is 439 g/mol. The summed E-state index contributed by atoms with van der Waals surface area (Å²) in [6.07, 6.45) is 3.89. The van der Waals surface area contributed by atoms with Crippen molar-refractivity contribution in [3.05, 3.63) is 54.1 Å². The molecule has 3 aromatic rings. The van der Waals surface area contributed by atoms with Crippen LogP contribution in [0.2, 0.25) is 0 Å². The van der Waals surface area contributed by atoms with E-state index in [1.54, 1.807) is 56.6 Å². The lowest BCUT2D eigenvalue weighted by atomic mass is 9.86. The van der Waals surface area contributed by atoms with Crippen LogP contribution in [0.15, 0.2) is 52.1 Å². The highest BCUT2D eigenvalue weighted by Gasteiger charge is 2.41. The fourth-order valence-corrected chi connectivity index (χ4v) is 5.56. The van der Waals surface area contributed by atoms with Gasteiger partial charge in [-0.1, -0.05) is 5.16 Å². The topological polar surface area (TPSA) is 118 Å². The Morgan fingerprint density at radius 2 is 1.97 bits per heavy atom. The lowest BCUT2D eigenvalue weighted by molar-refractivity contribution is -0.119. The number of rotatable bonds is 4. The van der Waals surface area contributed by atoms with Gasteiger partial charge in [0.05, 0.1) is 10.3 Å². The third-order valence-electron chi connectivity index (χ3n) is 6.00. The molecule has 5 rings (SSSR count). The maximum atomic E-state index is 13.3. The monoisotopic (exact) mass is 439 g/mol. The molecule has 0 spiro atoms. The van der Waals surface area contributed by atoms with Crippen LogP contribution in [0.4, 0.5) is 5.69 Å². The Kier molecular flexibility index (Phi) is 4.45. The Hall–Kier alpha value is -3.11. The molecule has 0 radical (unpaired) electrons. The number of pyridine rings is 1. The number of hydrogen-bond acceptors (Lipinski definition) is 7. The van der Waals surface area contributed by atoms with E-state index in [4.69, 9.17) is 4.52 Å². The normalized spacial score (nSPS) is 20.6. The molecule has 2 aromatic heterocycles. The average Bonchev–Trinajstić information content (AvgIpc) is 3.48. The Morgan fingerprint density at radius 3 is 2.74 bits per heavy atom. The standard InChI is InChI=1S/C21H21N5O4S/c1-21(2)16-11-15(3-4-17(16)23-20(21)27)31(28,29)26-10-7-14(12-26)18-24-19(30-25-18)13-5-8-22-9-6-13/h3-6,8-9,11,14H,7,10,12H2,1-2H3,(H,23,27). The van der Waals surface area contributed by atoms with E-state index >= 15 is 0 Å². The smallest absolute Gasteiger partial charge is 0.258 e. The quantitative estimate of drug-likeness (QED) is 0.663. The number of carbonyl (C=O) groups is 1. The van der Waals surface area contributed by atoms with Gasteiger partial charge in [-0.05, 0) is 56.2 Å². The van der Waals surface area contributed by atoms with Crippen molar-refractivity contribution in [2.45, 2.75) is 36.5 Å². The van der Waals surface area contributed by atoms with E-state index < -0.39 is 15.4 Å². The molecule has 31 heavy (non-hydrogen) atoms. The Morgan fingerprint density at radius 1 is 1.19 bits per heavy atom. The fraction of sp³-hybridized carbons (Fsp3) is 0.333. The summed E-state index contributed by atoms with van der Waals surface area (Å²) in [6, 6.07) is 8.35. The van der Waals surface area contributed by atoms with Crippen molar-refractivity contribution in [3.8, 4) is 11.5 Å². The molecule has 9 nitrogen and oxygen atoms in total. The van der Waals surface area contributed by atoms with Crippen molar-refractivity contribution in [3.63, 3.8) is 0 Å². The van der Waals surface area contributed by atoms with Crippen LogP contribution in [-0.2, 0) is 20.2 Å². The number of nitrogens with zero attached hydrogens (tertiary/aromatic N) is 4. The number of carbonyl (C=O) groups excluding carboxylic acids is 1. The predicted octanol–water partition coefficient (Wildman–Crippen LogP) is 2.54. The first-order chi connectivity index (χ1) is 14.8. The number of benzene rings is 1.